The van der Waals surface area contributed by atoms with Crippen molar-refractivity contribution in [2.45, 2.75) is 341 Å². The van der Waals surface area contributed by atoms with Gasteiger partial charge in [-0.1, -0.05) is 306 Å². The lowest BCUT2D eigenvalue weighted by Crippen LogP contribution is -2.45. The zero-order chi connectivity index (χ0) is 49.9. The molecule has 0 rings (SSSR count). The van der Waals surface area contributed by atoms with Crippen LogP contribution in [0, 0.1) is 0 Å². The monoisotopic (exact) mass is 964 g/mol. The number of rotatable bonds is 57. The van der Waals surface area contributed by atoms with Crippen molar-refractivity contribution in [2.75, 3.05) is 6.61 Å². The van der Waals surface area contributed by atoms with Gasteiger partial charge in [0.05, 0.1) is 18.8 Å². The number of hydrogen-bond acceptors (Lipinski definition) is 3. The maximum atomic E-state index is 12.5. The average molecular weight is 965 g/mol. The van der Waals surface area contributed by atoms with E-state index in [-0.39, 0.29) is 12.5 Å². The zero-order valence-electron chi connectivity index (χ0n) is 46.6. The van der Waals surface area contributed by atoms with Gasteiger partial charge in [-0.05, 0) is 77.0 Å². The molecule has 1 amide bonds. The van der Waals surface area contributed by atoms with Crippen molar-refractivity contribution in [3.63, 3.8) is 0 Å². The highest BCUT2D eigenvalue weighted by Crippen LogP contribution is 2.17. The summed E-state index contributed by atoms with van der Waals surface area (Å²) in [6.45, 7) is 4.30. The quantitative estimate of drug-likeness (QED) is 0.0420. The van der Waals surface area contributed by atoms with Gasteiger partial charge in [-0.2, -0.15) is 0 Å². The summed E-state index contributed by atoms with van der Waals surface area (Å²) in [5, 5.41) is 23.1. The summed E-state index contributed by atoms with van der Waals surface area (Å²) in [7, 11) is 0. The second-order valence-electron chi connectivity index (χ2n) is 21.1. The minimum Gasteiger partial charge on any atom is -0.394 e. The highest BCUT2D eigenvalue weighted by molar-refractivity contribution is 5.76. The Labute approximate surface area is 432 Å². The highest BCUT2D eigenvalue weighted by atomic mass is 16.3. The summed E-state index contributed by atoms with van der Waals surface area (Å²) >= 11 is 0. The van der Waals surface area contributed by atoms with Crippen molar-refractivity contribution in [3.8, 4) is 0 Å². The molecular weight excluding hydrogens is 843 g/mol. The Balaban J connectivity index is 3.43. The van der Waals surface area contributed by atoms with E-state index in [1.54, 1.807) is 6.08 Å². The maximum Gasteiger partial charge on any atom is 0.220 e. The lowest BCUT2D eigenvalue weighted by atomic mass is 10.0. The van der Waals surface area contributed by atoms with Crippen molar-refractivity contribution in [1.82, 2.24) is 5.32 Å². The fourth-order valence-electron chi connectivity index (χ4n) is 9.48. The molecule has 0 fully saturated rings. The molecule has 4 heteroatoms. The van der Waals surface area contributed by atoms with Gasteiger partial charge < -0.3 is 15.5 Å². The van der Waals surface area contributed by atoms with E-state index in [2.05, 4.69) is 67.8 Å². The Bertz CT molecular complexity index is 1140. The topological polar surface area (TPSA) is 69.6 Å². The van der Waals surface area contributed by atoms with Crippen LogP contribution in [0.5, 0.6) is 0 Å². The second-order valence-corrected chi connectivity index (χ2v) is 21.1. The molecule has 3 N–H and O–H groups in total. The number of aliphatic hydroxyl groups excluding tert-OH is 2. The van der Waals surface area contributed by atoms with Crippen molar-refractivity contribution in [3.05, 3.63) is 60.8 Å². The van der Waals surface area contributed by atoms with E-state index in [1.807, 2.05) is 6.08 Å². The van der Waals surface area contributed by atoms with Crippen LogP contribution in [0.4, 0.5) is 0 Å². The number of allylic oxidation sites excluding steroid dienone is 9. The molecule has 0 spiro atoms. The van der Waals surface area contributed by atoms with Gasteiger partial charge in [-0.15, -0.1) is 0 Å². The SMILES string of the molecule is CCCCCCC/C=C\C/C=C\CCCCCCCCCCCCCCCCCCCCCCCCCCCCCC(=O)NC(CO)C(O)/C=C/CC/C=C/CC/C=C/CCCCCCCCCC. The summed E-state index contributed by atoms with van der Waals surface area (Å²) in [5.41, 5.74) is 0. The number of unbranched alkanes of at least 4 members (excludes halogenated alkanes) is 42. The molecule has 0 saturated carbocycles. The minimum absolute atomic E-state index is 0.0733. The first kappa shape index (κ1) is 67.1. The minimum atomic E-state index is -0.870. The molecule has 2 atom stereocenters. The van der Waals surface area contributed by atoms with Crippen LogP contribution in [0.3, 0.4) is 0 Å². The molecule has 0 saturated heterocycles. The predicted molar refractivity (Wildman–Crippen MR) is 308 cm³/mol. The lowest BCUT2D eigenvalue weighted by molar-refractivity contribution is -0.123. The number of hydrogen-bond donors (Lipinski definition) is 3. The van der Waals surface area contributed by atoms with Gasteiger partial charge in [0.1, 0.15) is 0 Å². The van der Waals surface area contributed by atoms with Gasteiger partial charge >= 0.3 is 0 Å². The molecule has 0 aromatic carbocycles. The standard InChI is InChI=1S/C65H121NO3/c1-3-5-7-9-11-13-15-17-19-21-23-24-25-26-27-28-29-30-31-32-33-34-35-36-37-38-39-40-41-42-43-45-47-49-51-53-55-57-59-61-65(69)66-63(62-67)64(68)60-58-56-54-52-50-48-46-44-22-20-18-16-14-12-10-8-6-4-2/h15,17,21-23,44,50,52,58,60,63-64,67-68H,3-14,16,18-20,24-43,45-49,51,53-57,59,61-62H2,1-2H3,(H,66,69)/b17-15-,23-21-,44-22+,52-50+,60-58+. The van der Waals surface area contributed by atoms with Crippen LogP contribution in [0.15, 0.2) is 60.8 Å². The first-order chi connectivity index (χ1) is 34.2. The average Bonchev–Trinajstić information content (AvgIpc) is 3.35. The summed E-state index contributed by atoms with van der Waals surface area (Å²) in [6.07, 6.45) is 85.6. The molecule has 0 bridgehead atoms. The van der Waals surface area contributed by atoms with E-state index in [4.69, 9.17) is 0 Å². The third kappa shape index (κ3) is 56.9. The van der Waals surface area contributed by atoms with Crippen LogP contribution < -0.4 is 5.32 Å². The van der Waals surface area contributed by atoms with E-state index >= 15 is 0 Å². The van der Waals surface area contributed by atoms with E-state index in [0.29, 0.717) is 6.42 Å². The summed E-state index contributed by atoms with van der Waals surface area (Å²) in [6, 6.07) is -0.646. The summed E-state index contributed by atoms with van der Waals surface area (Å²) < 4.78 is 0. The molecule has 0 aromatic heterocycles. The van der Waals surface area contributed by atoms with Gasteiger partial charge in [0.15, 0.2) is 0 Å². The Hall–Kier alpha value is -1.91. The number of carbonyl (C=O) groups excluding carboxylic acids is 1. The largest absolute Gasteiger partial charge is 0.394 e. The molecule has 404 valence electrons. The van der Waals surface area contributed by atoms with Crippen LogP contribution in [0.25, 0.3) is 0 Å². The fraction of sp³-hybridized carbons (Fsp3) is 0.831. The first-order valence-electron chi connectivity index (χ1n) is 31.0. The van der Waals surface area contributed by atoms with Crippen molar-refractivity contribution >= 4 is 5.91 Å². The molecule has 2 unspecified atom stereocenters. The third-order valence-corrected chi connectivity index (χ3v) is 14.2. The maximum absolute atomic E-state index is 12.5. The van der Waals surface area contributed by atoms with E-state index in [9.17, 15) is 15.0 Å². The first-order valence-corrected chi connectivity index (χ1v) is 31.0. The number of carbonyl (C=O) groups is 1. The molecule has 0 aliphatic heterocycles. The molecule has 4 nitrogen and oxygen atoms in total. The van der Waals surface area contributed by atoms with E-state index in [0.717, 1.165) is 44.9 Å². The lowest BCUT2D eigenvalue weighted by Gasteiger charge is -2.19. The Morgan fingerprint density at radius 2 is 0.609 bits per heavy atom. The van der Waals surface area contributed by atoms with Crippen molar-refractivity contribution in [2.24, 2.45) is 0 Å². The van der Waals surface area contributed by atoms with Gasteiger partial charge in [0.2, 0.25) is 5.91 Å². The zero-order valence-corrected chi connectivity index (χ0v) is 46.6. The Kier molecular flexibility index (Phi) is 58.7. The molecular formula is C65H121NO3. The third-order valence-electron chi connectivity index (χ3n) is 14.2. The van der Waals surface area contributed by atoms with Crippen molar-refractivity contribution in [1.29, 1.82) is 0 Å². The van der Waals surface area contributed by atoms with Crippen LogP contribution >= 0.6 is 0 Å². The molecule has 0 aliphatic rings. The normalized spacial score (nSPS) is 13.2. The molecule has 0 aliphatic carbocycles. The van der Waals surface area contributed by atoms with Crippen LogP contribution in [0.1, 0.15) is 328 Å². The smallest absolute Gasteiger partial charge is 0.220 e. The van der Waals surface area contributed by atoms with E-state index < -0.39 is 12.1 Å². The van der Waals surface area contributed by atoms with Gasteiger partial charge in [0.25, 0.3) is 0 Å². The van der Waals surface area contributed by atoms with E-state index in [1.165, 1.54) is 263 Å². The van der Waals surface area contributed by atoms with Crippen LogP contribution in [0.2, 0.25) is 0 Å². The van der Waals surface area contributed by atoms with Gasteiger partial charge in [-0.3, -0.25) is 4.79 Å². The van der Waals surface area contributed by atoms with Gasteiger partial charge in [-0.25, -0.2) is 0 Å². The van der Waals surface area contributed by atoms with Gasteiger partial charge in [0, 0.05) is 6.42 Å². The Morgan fingerprint density at radius 1 is 0.348 bits per heavy atom. The highest BCUT2D eigenvalue weighted by Gasteiger charge is 2.18. The molecule has 69 heavy (non-hydrogen) atoms. The molecule has 0 heterocycles. The number of amides is 1. The number of nitrogens with one attached hydrogen (secondary N) is 1. The van der Waals surface area contributed by atoms with Crippen molar-refractivity contribution < 1.29 is 15.0 Å². The Morgan fingerprint density at radius 3 is 0.928 bits per heavy atom. The second kappa shape index (κ2) is 60.4. The predicted octanol–water partition coefficient (Wildman–Crippen LogP) is 20.8. The summed E-state index contributed by atoms with van der Waals surface area (Å²) in [5.74, 6) is -0.0733. The number of aliphatic hydroxyl groups is 2. The molecule has 0 radical (unpaired) electrons. The fourth-order valence-corrected chi connectivity index (χ4v) is 9.48. The van der Waals surface area contributed by atoms with Crippen LogP contribution in [-0.4, -0.2) is 34.9 Å². The summed E-state index contributed by atoms with van der Waals surface area (Å²) in [4.78, 5) is 12.5. The van der Waals surface area contributed by atoms with Crippen LogP contribution in [-0.2, 0) is 4.79 Å². The molecule has 0 aromatic rings.